The first-order valence-corrected chi connectivity index (χ1v) is 11.7. The van der Waals surface area contributed by atoms with Crippen LogP contribution in [0.25, 0.3) is 33.0 Å². The summed E-state index contributed by atoms with van der Waals surface area (Å²) >= 11 is 1.57. The second kappa shape index (κ2) is 7.67. The van der Waals surface area contributed by atoms with E-state index < -0.39 is 0 Å². The molecule has 0 fully saturated rings. The Morgan fingerprint density at radius 3 is 2.15 bits per heavy atom. The first-order chi connectivity index (χ1) is 16.5. The van der Waals surface area contributed by atoms with Crippen LogP contribution in [0.4, 0.5) is 0 Å². The summed E-state index contributed by atoms with van der Waals surface area (Å²) in [7, 11) is 1.94. The average Bonchev–Trinajstić information content (AvgIpc) is 3.59. The molecule has 0 aliphatic carbocycles. The fourth-order valence-corrected chi connectivity index (χ4v) is 5.65. The smallest absolute Gasteiger partial charge is 0.259 e. The predicted octanol–water partition coefficient (Wildman–Crippen LogP) is 4.81. The van der Waals surface area contributed by atoms with Crippen molar-refractivity contribution in [3.63, 3.8) is 0 Å². The summed E-state index contributed by atoms with van der Waals surface area (Å²) in [6.45, 7) is 0.617. The topological polar surface area (TPSA) is 79.9 Å². The van der Waals surface area contributed by atoms with E-state index in [9.17, 15) is 9.59 Å². The van der Waals surface area contributed by atoms with E-state index in [1.54, 1.807) is 11.3 Å². The molecular formula is C27H20N4O2S. The summed E-state index contributed by atoms with van der Waals surface area (Å²) in [6.07, 6.45) is 5.23. The van der Waals surface area contributed by atoms with Gasteiger partial charge in [0.1, 0.15) is 0 Å². The van der Waals surface area contributed by atoms with Crippen molar-refractivity contribution >= 4 is 62.3 Å². The maximum Gasteiger partial charge on any atom is 0.259 e. The van der Waals surface area contributed by atoms with E-state index in [1.165, 1.54) is 6.21 Å². The number of amides is 2. The van der Waals surface area contributed by atoms with E-state index in [-0.39, 0.29) is 11.8 Å². The quantitative estimate of drug-likeness (QED) is 0.289. The van der Waals surface area contributed by atoms with Gasteiger partial charge in [-0.05, 0) is 24.3 Å². The number of nitrogens with zero attached hydrogens (tertiary/aromatic N) is 2. The third kappa shape index (κ3) is 3.05. The van der Waals surface area contributed by atoms with Gasteiger partial charge >= 0.3 is 0 Å². The van der Waals surface area contributed by atoms with E-state index in [1.807, 2.05) is 84.7 Å². The molecule has 0 radical (unpaired) electrons. The summed E-state index contributed by atoms with van der Waals surface area (Å²) < 4.78 is 4.08. The van der Waals surface area contributed by atoms with Gasteiger partial charge in [-0.2, -0.15) is 0 Å². The zero-order valence-corrected chi connectivity index (χ0v) is 19.1. The number of carbonyl (C=O) groups excluding carboxylic acids is 2. The number of fused-ring (bicyclic) bond motifs is 2. The molecule has 0 spiro atoms. The van der Waals surface area contributed by atoms with Crippen LogP contribution in [0.3, 0.4) is 0 Å². The van der Waals surface area contributed by atoms with Crippen LogP contribution in [-0.4, -0.2) is 27.2 Å². The number of benzene rings is 2. The second-order valence-corrected chi connectivity index (χ2v) is 9.54. The summed E-state index contributed by atoms with van der Waals surface area (Å²) in [5.41, 5.74) is 4.29. The summed E-state index contributed by atoms with van der Waals surface area (Å²) in [5.74, 6) is -0.750. The van der Waals surface area contributed by atoms with Crippen molar-refractivity contribution in [2.45, 2.75) is 6.54 Å². The van der Waals surface area contributed by atoms with Gasteiger partial charge in [0.25, 0.3) is 11.8 Å². The number of nitrogens with one attached hydrogen (secondary N) is 2. The molecule has 4 heterocycles. The minimum absolute atomic E-state index is 0.373. The number of hydrogen-bond acceptors (Lipinski definition) is 4. The zero-order chi connectivity index (χ0) is 23.4. The van der Waals surface area contributed by atoms with E-state index in [4.69, 9.17) is 5.41 Å². The number of hydrogen-bond donors (Lipinski definition) is 2. The lowest BCUT2D eigenvalue weighted by molar-refractivity contribution is -0.122. The standard InChI is InChI=1S/C27H20N4O2S/c1-30-14-20(18-6-2-4-8-22(18)30)24-25(27(33)29-26(24)32)21-15-31(23-9-5-3-7-19(21)23)13-17-11-10-16(12-28)34-17/h2-12,14-15,28H,13H2,1H3,(H,29,32,33). The van der Waals surface area contributed by atoms with Crippen LogP contribution >= 0.6 is 11.3 Å². The maximum atomic E-state index is 13.1. The number of imide groups is 1. The molecule has 0 atom stereocenters. The lowest BCUT2D eigenvalue weighted by Gasteiger charge is -2.03. The molecule has 1 aliphatic rings. The Morgan fingerprint density at radius 2 is 1.47 bits per heavy atom. The number of aryl methyl sites for hydroxylation is 1. The van der Waals surface area contributed by atoms with Crippen LogP contribution in [0.2, 0.25) is 0 Å². The normalized spacial score (nSPS) is 13.9. The number of carbonyl (C=O) groups is 2. The van der Waals surface area contributed by atoms with E-state index in [0.717, 1.165) is 42.7 Å². The average molecular weight is 465 g/mol. The monoisotopic (exact) mass is 464 g/mol. The molecule has 166 valence electrons. The van der Waals surface area contributed by atoms with Gasteiger partial charge < -0.3 is 14.5 Å². The summed E-state index contributed by atoms with van der Waals surface area (Å²) in [4.78, 5) is 28.2. The van der Waals surface area contributed by atoms with Crippen LogP contribution < -0.4 is 5.32 Å². The third-order valence-corrected chi connectivity index (χ3v) is 7.32. The van der Waals surface area contributed by atoms with Crippen molar-refractivity contribution in [1.29, 1.82) is 5.41 Å². The Labute approximate surface area is 199 Å². The highest BCUT2D eigenvalue weighted by molar-refractivity contribution is 7.13. The third-order valence-electron chi connectivity index (χ3n) is 6.31. The number of thiophene rings is 1. The van der Waals surface area contributed by atoms with Crippen LogP contribution in [0, 0.1) is 5.41 Å². The number of para-hydroxylation sites is 2. The molecule has 6 rings (SSSR count). The zero-order valence-electron chi connectivity index (χ0n) is 18.3. The molecule has 1 aliphatic heterocycles. The molecule has 34 heavy (non-hydrogen) atoms. The number of rotatable bonds is 5. The Bertz CT molecular complexity index is 1680. The van der Waals surface area contributed by atoms with Gasteiger partial charge in [-0.3, -0.25) is 14.9 Å². The molecule has 0 saturated carbocycles. The molecule has 2 amide bonds. The molecule has 0 bridgehead atoms. The second-order valence-electron chi connectivity index (χ2n) is 8.34. The molecule has 2 N–H and O–H groups in total. The molecule has 5 aromatic rings. The van der Waals surface area contributed by atoms with Crippen molar-refractivity contribution in [1.82, 2.24) is 14.5 Å². The maximum absolute atomic E-state index is 13.1. The SMILES string of the molecule is Cn1cc(C2=C(c3cn(Cc4ccc(C=N)s4)c4ccccc34)C(=O)NC2=O)c2ccccc21. The van der Waals surface area contributed by atoms with Gasteiger partial charge in [0, 0.05) is 68.3 Å². The predicted molar refractivity (Wildman–Crippen MR) is 136 cm³/mol. The highest BCUT2D eigenvalue weighted by Crippen LogP contribution is 2.39. The van der Waals surface area contributed by atoms with Gasteiger partial charge in [-0.1, -0.05) is 36.4 Å². The van der Waals surface area contributed by atoms with Gasteiger partial charge in [-0.15, -0.1) is 11.3 Å². The van der Waals surface area contributed by atoms with Crippen molar-refractivity contribution in [2.24, 2.45) is 7.05 Å². The minimum Gasteiger partial charge on any atom is -0.350 e. The Balaban J connectivity index is 1.59. The first kappa shape index (κ1) is 20.4. The fourth-order valence-electron chi connectivity index (χ4n) is 4.81. The van der Waals surface area contributed by atoms with Crippen molar-refractivity contribution < 1.29 is 9.59 Å². The lowest BCUT2D eigenvalue weighted by Crippen LogP contribution is -2.22. The summed E-state index contributed by atoms with van der Waals surface area (Å²) in [5, 5.41) is 11.9. The minimum atomic E-state index is -0.377. The molecule has 0 unspecified atom stereocenters. The summed E-state index contributed by atoms with van der Waals surface area (Å²) in [6, 6.07) is 19.8. The van der Waals surface area contributed by atoms with Crippen molar-refractivity contribution in [3.8, 4) is 0 Å². The van der Waals surface area contributed by atoms with Gasteiger partial charge in [0.2, 0.25) is 0 Å². The van der Waals surface area contributed by atoms with Crippen molar-refractivity contribution in [2.75, 3.05) is 0 Å². The highest BCUT2D eigenvalue weighted by atomic mass is 32.1. The van der Waals surface area contributed by atoms with Gasteiger partial charge in [0.05, 0.1) is 17.7 Å². The molecular weight excluding hydrogens is 444 g/mol. The Morgan fingerprint density at radius 1 is 0.853 bits per heavy atom. The van der Waals surface area contributed by atoms with Gasteiger partial charge in [0.15, 0.2) is 0 Å². The van der Waals surface area contributed by atoms with Crippen molar-refractivity contribution in [3.05, 3.63) is 93.9 Å². The van der Waals surface area contributed by atoms with Crippen LogP contribution in [-0.2, 0) is 23.2 Å². The fraction of sp³-hybridized carbons (Fsp3) is 0.0741. The molecule has 7 heteroatoms. The Hall–Kier alpha value is -4.23. The van der Waals surface area contributed by atoms with E-state index in [0.29, 0.717) is 17.7 Å². The number of aromatic nitrogens is 2. The molecule has 3 aromatic heterocycles. The van der Waals surface area contributed by atoms with E-state index >= 15 is 0 Å². The molecule has 0 saturated heterocycles. The molecule has 6 nitrogen and oxygen atoms in total. The largest absolute Gasteiger partial charge is 0.350 e. The highest BCUT2D eigenvalue weighted by Gasteiger charge is 2.35. The first-order valence-electron chi connectivity index (χ1n) is 10.9. The van der Waals surface area contributed by atoms with E-state index in [2.05, 4.69) is 9.88 Å². The lowest BCUT2D eigenvalue weighted by atomic mass is 9.95. The Kier molecular flexibility index (Phi) is 4.60. The van der Waals surface area contributed by atoms with Gasteiger partial charge in [-0.25, -0.2) is 0 Å². The van der Waals surface area contributed by atoms with Crippen LogP contribution in [0.1, 0.15) is 20.9 Å². The van der Waals surface area contributed by atoms with Crippen LogP contribution in [0.15, 0.2) is 73.1 Å². The molecule has 2 aromatic carbocycles. The van der Waals surface area contributed by atoms with Crippen LogP contribution in [0.5, 0.6) is 0 Å².